The fraction of sp³-hybridized carbons (Fsp3) is 0.409. The molecule has 0 fully saturated rings. The van der Waals surface area contributed by atoms with Crippen molar-refractivity contribution in [2.75, 3.05) is 24.6 Å². The molecule has 5 heteroatoms. The minimum Gasteiger partial charge on any atom is -0.494 e. The van der Waals surface area contributed by atoms with E-state index in [2.05, 4.69) is 37.5 Å². The van der Waals surface area contributed by atoms with Gasteiger partial charge in [0.05, 0.1) is 13.2 Å². The Bertz CT molecular complexity index is 832. The Morgan fingerprint density at radius 1 is 1.07 bits per heavy atom. The third-order valence-corrected chi connectivity index (χ3v) is 6.02. The summed E-state index contributed by atoms with van der Waals surface area (Å²) in [5, 5.41) is 11.8. The van der Waals surface area contributed by atoms with Crippen molar-refractivity contribution in [3.63, 3.8) is 0 Å². The van der Waals surface area contributed by atoms with E-state index in [1.165, 1.54) is 12.3 Å². The molecule has 1 unspecified atom stereocenters. The molecule has 0 aromatic heterocycles. The van der Waals surface area contributed by atoms with E-state index in [4.69, 9.17) is 4.74 Å². The predicted molar refractivity (Wildman–Crippen MR) is 112 cm³/mol. The molecule has 0 radical (unpaired) electrons. The van der Waals surface area contributed by atoms with Gasteiger partial charge in [0.15, 0.2) is 6.54 Å². The van der Waals surface area contributed by atoms with Crippen molar-refractivity contribution < 1.29 is 14.4 Å². The van der Waals surface area contributed by atoms with E-state index in [-0.39, 0.29) is 0 Å². The van der Waals surface area contributed by atoms with E-state index in [9.17, 15) is 5.11 Å². The second kappa shape index (κ2) is 7.64. The van der Waals surface area contributed by atoms with Crippen LogP contribution in [0.4, 0.5) is 5.69 Å². The fourth-order valence-electron chi connectivity index (χ4n) is 4.16. The molecule has 4 nitrogen and oxygen atoms in total. The monoisotopic (exact) mass is 429 g/mol. The van der Waals surface area contributed by atoms with Crippen LogP contribution in [0.15, 0.2) is 53.0 Å². The number of ether oxygens (including phenoxy) is 1. The maximum Gasteiger partial charge on any atom is 0.271 e. The zero-order valence-corrected chi connectivity index (χ0v) is 17.3. The maximum absolute atomic E-state index is 11.8. The van der Waals surface area contributed by atoms with Gasteiger partial charge in [0.1, 0.15) is 11.4 Å². The number of hydrogen-bond donors (Lipinski definition) is 1. The number of halogens is 1. The molecule has 0 bridgehead atoms. The van der Waals surface area contributed by atoms with Gasteiger partial charge in [-0.3, -0.25) is 0 Å². The van der Waals surface area contributed by atoms with Gasteiger partial charge in [-0.25, -0.2) is 9.48 Å². The van der Waals surface area contributed by atoms with Crippen LogP contribution in [-0.2, 0) is 5.72 Å². The third-order valence-electron chi connectivity index (χ3n) is 5.50. The first kappa shape index (κ1) is 18.5. The number of nitrogens with zero attached hydrogens (tertiary/aromatic N) is 2. The summed E-state index contributed by atoms with van der Waals surface area (Å²) < 4.78 is 8.83. The van der Waals surface area contributed by atoms with Crippen LogP contribution in [0.5, 0.6) is 5.75 Å². The van der Waals surface area contributed by atoms with Crippen molar-refractivity contribution in [3.8, 4) is 5.75 Å². The highest BCUT2D eigenvalue weighted by molar-refractivity contribution is 9.10. The first-order valence-corrected chi connectivity index (χ1v) is 10.5. The van der Waals surface area contributed by atoms with E-state index >= 15 is 0 Å². The van der Waals surface area contributed by atoms with Gasteiger partial charge in [0.25, 0.3) is 11.6 Å². The molecule has 0 amide bonds. The highest BCUT2D eigenvalue weighted by atomic mass is 79.9. The number of hydrogen-bond acceptors (Lipinski definition) is 3. The van der Waals surface area contributed by atoms with Gasteiger partial charge in [0.2, 0.25) is 0 Å². The predicted octanol–water partition coefficient (Wildman–Crippen LogP) is 4.50. The van der Waals surface area contributed by atoms with Gasteiger partial charge >= 0.3 is 0 Å². The summed E-state index contributed by atoms with van der Waals surface area (Å²) in [5.41, 5.74) is 1.05. The first-order valence-electron chi connectivity index (χ1n) is 9.74. The lowest BCUT2D eigenvalue weighted by Gasteiger charge is -2.23. The molecule has 2 aliphatic heterocycles. The van der Waals surface area contributed by atoms with Gasteiger partial charge in [0, 0.05) is 16.5 Å². The minimum atomic E-state index is -1.00. The Morgan fingerprint density at radius 2 is 1.81 bits per heavy atom. The number of amidine groups is 1. The zero-order valence-electron chi connectivity index (χ0n) is 15.7. The number of β-amino-alcohol motifs (C(OH)–C–C–N with tert-alkyl or cyclic N) is 1. The zero-order chi connectivity index (χ0) is 18.9. The normalized spacial score (nSPS) is 22.6. The van der Waals surface area contributed by atoms with E-state index in [0.29, 0.717) is 13.2 Å². The summed E-state index contributed by atoms with van der Waals surface area (Å²) in [4.78, 5) is 2.28. The summed E-state index contributed by atoms with van der Waals surface area (Å²) in [6.45, 7) is 4.08. The van der Waals surface area contributed by atoms with Crippen LogP contribution in [0, 0.1) is 0 Å². The van der Waals surface area contributed by atoms with Gasteiger partial charge < -0.3 is 9.84 Å². The fourth-order valence-corrected chi connectivity index (χ4v) is 4.43. The molecule has 2 aliphatic rings. The smallest absolute Gasteiger partial charge is 0.271 e. The second-order valence-electron chi connectivity index (χ2n) is 7.22. The van der Waals surface area contributed by atoms with Gasteiger partial charge in [-0.2, -0.15) is 0 Å². The standard InChI is InChI=1S/C22H26BrN2O2/c1-2-27-20-13-11-19(12-14-20)24-16-22(26,17-7-9-18(23)10-8-17)25-15-5-3-4-6-21(24)25/h7-14,26H,2-6,15-16H2,1H3/q+1. The van der Waals surface area contributed by atoms with Crippen LogP contribution in [-0.4, -0.2) is 35.2 Å². The SMILES string of the molecule is CCOc1ccc(N2CC(O)(c3ccc(Br)cc3)[N+]3=C2CCCCC3)cc1. The van der Waals surface area contributed by atoms with Crippen LogP contribution in [0.25, 0.3) is 0 Å². The molecule has 1 atom stereocenters. The second-order valence-corrected chi connectivity index (χ2v) is 8.13. The first-order chi connectivity index (χ1) is 13.1. The molecule has 0 spiro atoms. The van der Waals surface area contributed by atoms with Crippen LogP contribution in [0.3, 0.4) is 0 Å². The molecule has 0 saturated carbocycles. The van der Waals surface area contributed by atoms with Gasteiger partial charge in [-0.15, -0.1) is 0 Å². The summed E-state index contributed by atoms with van der Waals surface area (Å²) in [6, 6.07) is 16.3. The number of aliphatic hydroxyl groups is 1. The molecule has 2 aromatic rings. The highest BCUT2D eigenvalue weighted by Crippen LogP contribution is 2.36. The molecule has 0 aliphatic carbocycles. The molecule has 2 aromatic carbocycles. The Balaban J connectivity index is 1.73. The quantitative estimate of drug-likeness (QED) is 0.726. The lowest BCUT2D eigenvalue weighted by atomic mass is 10.0. The van der Waals surface area contributed by atoms with E-state index in [0.717, 1.165) is 47.3 Å². The maximum atomic E-state index is 11.8. The number of anilines is 1. The van der Waals surface area contributed by atoms with Crippen molar-refractivity contribution in [1.29, 1.82) is 0 Å². The summed E-state index contributed by atoms with van der Waals surface area (Å²) in [6.07, 6.45) is 4.47. The molecule has 1 N–H and O–H groups in total. The minimum absolute atomic E-state index is 0.540. The van der Waals surface area contributed by atoms with E-state index in [1.807, 2.05) is 43.3 Å². The topological polar surface area (TPSA) is 35.7 Å². The van der Waals surface area contributed by atoms with Crippen molar-refractivity contribution in [1.82, 2.24) is 0 Å². The Kier molecular flexibility index (Phi) is 5.24. The Morgan fingerprint density at radius 3 is 2.52 bits per heavy atom. The number of benzene rings is 2. The lowest BCUT2D eigenvalue weighted by molar-refractivity contribution is -0.658. The Hall–Kier alpha value is -1.85. The van der Waals surface area contributed by atoms with Crippen molar-refractivity contribution in [2.45, 2.75) is 38.3 Å². The third kappa shape index (κ3) is 3.50. The van der Waals surface area contributed by atoms with Crippen LogP contribution in [0.1, 0.15) is 38.2 Å². The molecule has 142 valence electrons. The van der Waals surface area contributed by atoms with Gasteiger partial charge in [-0.1, -0.05) is 28.1 Å². The molecule has 2 heterocycles. The van der Waals surface area contributed by atoms with Crippen molar-refractivity contribution in [2.24, 2.45) is 0 Å². The lowest BCUT2D eigenvalue weighted by Crippen LogP contribution is -2.41. The summed E-state index contributed by atoms with van der Waals surface area (Å²) >= 11 is 3.50. The molecular weight excluding hydrogens is 404 g/mol. The summed E-state index contributed by atoms with van der Waals surface area (Å²) in [7, 11) is 0. The van der Waals surface area contributed by atoms with Crippen LogP contribution >= 0.6 is 15.9 Å². The van der Waals surface area contributed by atoms with E-state index in [1.54, 1.807) is 0 Å². The van der Waals surface area contributed by atoms with Crippen molar-refractivity contribution in [3.05, 3.63) is 58.6 Å². The molecular formula is C22H26BrN2O2+. The summed E-state index contributed by atoms with van der Waals surface area (Å²) in [5.74, 6) is 2.11. The van der Waals surface area contributed by atoms with Gasteiger partial charge in [-0.05, 0) is 62.6 Å². The van der Waals surface area contributed by atoms with E-state index < -0.39 is 5.72 Å². The van der Waals surface area contributed by atoms with Crippen LogP contribution in [0.2, 0.25) is 0 Å². The average Bonchev–Trinajstić information content (AvgIpc) is 2.84. The molecule has 4 rings (SSSR count). The molecule has 0 saturated heterocycles. The highest BCUT2D eigenvalue weighted by Gasteiger charge is 2.51. The molecule has 27 heavy (non-hydrogen) atoms. The Labute approximate surface area is 169 Å². The number of rotatable bonds is 4. The largest absolute Gasteiger partial charge is 0.494 e. The van der Waals surface area contributed by atoms with Crippen LogP contribution < -0.4 is 9.64 Å². The average molecular weight is 430 g/mol. The van der Waals surface area contributed by atoms with Crippen molar-refractivity contribution >= 4 is 27.5 Å².